The van der Waals surface area contributed by atoms with Crippen molar-refractivity contribution in [3.05, 3.63) is 28.2 Å². The summed E-state index contributed by atoms with van der Waals surface area (Å²) in [5, 5.41) is 0. The van der Waals surface area contributed by atoms with Gasteiger partial charge in [-0.05, 0) is 49.3 Å². The smallest absolute Gasteiger partial charge is 0.257 e. The SMILES string of the molecule is COc1ccc(Br)cc1C(=O)N1CCC2(CC1)CC2. The lowest BCUT2D eigenvalue weighted by Crippen LogP contribution is -2.39. The Bertz CT molecular complexity index is 501. The van der Waals surface area contributed by atoms with E-state index in [2.05, 4.69) is 15.9 Å². The van der Waals surface area contributed by atoms with Crippen LogP contribution in [-0.4, -0.2) is 31.0 Å². The lowest BCUT2D eigenvalue weighted by molar-refractivity contribution is 0.0675. The second-order valence-electron chi connectivity index (χ2n) is 5.64. The fraction of sp³-hybridized carbons (Fsp3) is 0.533. The summed E-state index contributed by atoms with van der Waals surface area (Å²) in [7, 11) is 1.61. The van der Waals surface area contributed by atoms with Gasteiger partial charge < -0.3 is 9.64 Å². The number of carbonyl (C=O) groups excluding carboxylic acids is 1. The Balaban J connectivity index is 1.78. The van der Waals surface area contributed by atoms with E-state index in [1.807, 2.05) is 23.1 Å². The van der Waals surface area contributed by atoms with Crippen LogP contribution in [0.3, 0.4) is 0 Å². The largest absolute Gasteiger partial charge is 0.496 e. The van der Waals surface area contributed by atoms with Crippen LogP contribution >= 0.6 is 15.9 Å². The zero-order chi connectivity index (χ0) is 13.5. The van der Waals surface area contributed by atoms with Crippen molar-refractivity contribution in [1.82, 2.24) is 4.90 Å². The molecule has 2 fully saturated rings. The highest BCUT2D eigenvalue weighted by Gasteiger charge is 2.45. The van der Waals surface area contributed by atoms with Gasteiger partial charge in [0.25, 0.3) is 5.91 Å². The number of likely N-dealkylation sites (tertiary alicyclic amines) is 1. The van der Waals surface area contributed by atoms with Crippen LogP contribution < -0.4 is 4.74 Å². The van der Waals surface area contributed by atoms with Crippen LogP contribution in [0.15, 0.2) is 22.7 Å². The van der Waals surface area contributed by atoms with Crippen molar-refractivity contribution in [2.45, 2.75) is 25.7 Å². The fourth-order valence-corrected chi connectivity index (χ4v) is 3.24. The van der Waals surface area contributed by atoms with Crippen LogP contribution in [0.25, 0.3) is 0 Å². The summed E-state index contributed by atoms with van der Waals surface area (Å²) < 4.78 is 6.21. The molecule has 3 rings (SSSR count). The molecule has 0 bridgehead atoms. The van der Waals surface area contributed by atoms with Crippen LogP contribution in [0.1, 0.15) is 36.0 Å². The van der Waals surface area contributed by atoms with Gasteiger partial charge in [0.2, 0.25) is 0 Å². The van der Waals surface area contributed by atoms with Gasteiger partial charge in [-0.2, -0.15) is 0 Å². The van der Waals surface area contributed by atoms with Crippen molar-refractivity contribution in [3.63, 3.8) is 0 Å². The van der Waals surface area contributed by atoms with E-state index in [-0.39, 0.29) is 5.91 Å². The summed E-state index contributed by atoms with van der Waals surface area (Å²) in [6, 6.07) is 5.58. The molecule has 1 aliphatic carbocycles. The predicted molar refractivity (Wildman–Crippen MR) is 77.5 cm³/mol. The molecular weight excluding hydrogens is 306 g/mol. The summed E-state index contributed by atoms with van der Waals surface area (Å²) in [5.41, 5.74) is 1.25. The lowest BCUT2D eigenvalue weighted by atomic mass is 9.93. The zero-order valence-corrected chi connectivity index (χ0v) is 12.7. The predicted octanol–water partition coefficient (Wildman–Crippen LogP) is 3.47. The molecule has 102 valence electrons. The number of carbonyl (C=O) groups is 1. The number of methoxy groups -OCH3 is 1. The molecule has 0 N–H and O–H groups in total. The molecule has 1 aliphatic heterocycles. The monoisotopic (exact) mass is 323 g/mol. The third-order valence-electron chi connectivity index (χ3n) is 4.46. The van der Waals surface area contributed by atoms with Crippen molar-refractivity contribution in [2.75, 3.05) is 20.2 Å². The first-order chi connectivity index (χ1) is 9.13. The van der Waals surface area contributed by atoms with Crippen molar-refractivity contribution in [1.29, 1.82) is 0 Å². The summed E-state index contributed by atoms with van der Waals surface area (Å²) >= 11 is 3.42. The van der Waals surface area contributed by atoms with E-state index >= 15 is 0 Å². The van der Waals surface area contributed by atoms with Crippen LogP contribution in [0.2, 0.25) is 0 Å². The van der Waals surface area contributed by atoms with Gasteiger partial charge in [-0.1, -0.05) is 15.9 Å². The van der Waals surface area contributed by atoms with E-state index in [1.165, 1.54) is 12.8 Å². The Morgan fingerprint density at radius 1 is 1.26 bits per heavy atom. The first kappa shape index (κ1) is 13.0. The second kappa shape index (κ2) is 4.82. The van der Waals surface area contributed by atoms with Gasteiger partial charge in [-0.25, -0.2) is 0 Å². The molecule has 1 spiro atoms. The molecule has 1 saturated carbocycles. The number of hydrogen-bond acceptors (Lipinski definition) is 2. The molecule has 0 radical (unpaired) electrons. The van der Waals surface area contributed by atoms with Gasteiger partial charge in [0.05, 0.1) is 12.7 Å². The molecule has 2 aliphatic rings. The highest BCUT2D eigenvalue weighted by molar-refractivity contribution is 9.10. The van der Waals surface area contributed by atoms with Gasteiger partial charge in [-0.3, -0.25) is 4.79 Å². The molecule has 0 unspecified atom stereocenters. The molecule has 0 aromatic heterocycles. The number of ether oxygens (including phenoxy) is 1. The molecular formula is C15H18BrNO2. The quantitative estimate of drug-likeness (QED) is 0.834. The molecule has 1 aromatic carbocycles. The number of benzene rings is 1. The van der Waals surface area contributed by atoms with Gasteiger partial charge >= 0.3 is 0 Å². The fourth-order valence-electron chi connectivity index (χ4n) is 2.88. The standard InChI is InChI=1S/C15H18BrNO2/c1-19-13-3-2-11(16)10-12(13)14(18)17-8-6-15(4-5-15)7-9-17/h2-3,10H,4-9H2,1H3. The summed E-state index contributed by atoms with van der Waals surface area (Å²) in [5.74, 6) is 0.744. The molecule has 1 amide bonds. The topological polar surface area (TPSA) is 29.5 Å². The van der Waals surface area contributed by atoms with Gasteiger partial charge in [0, 0.05) is 17.6 Å². The van der Waals surface area contributed by atoms with E-state index in [0.717, 1.165) is 30.4 Å². The van der Waals surface area contributed by atoms with E-state index in [0.29, 0.717) is 16.7 Å². The minimum absolute atomic E-state index is 0.0913. The molecule has 4 heteroatoms. The van der Waals surface area contributed by atoms with Crippen LogP contribution in [0.4, 0.5) is 0 Å². The highest BCUT2D eigenvalue weighted by atomic mass is 79.9. The first-order valence-corrected chi connectivity index (χ1v) is 7.56. The summed E-state index contributed by atoms with van der Waals surface area (Å²) in [6.07, 6.45) is 5.04. The van der Waals surface area contributed by atoms with Crippen molar-refractivity contribution in [3.8, 4) is 5.75 Å². The number of piperidine rings is 1. The van der Waals surface area contributed by atoms with Crippen LogP contribution in [-0.2, 0) is 0 Å². The maximum atomic E-state index is 12.6. The minimum Gasteiger partial charge on any atom is -0.496 e. The summed E-state index contributed by atoms with van der Waals surface area (Å²) in [6.45, 7) is 1.77. The Morgan fingerprint density at radius 3 is 2.53 bits per heavy atom. The average Bonchev–Trinajstić information content (AvgIpc) is 3.18. The van der Waals surface area contributed by atoms with Gasteiger partial charge in [0.15, 0.2) is 0 Å². The number of nitrogens with zero attached hydrogens (tertiary/aromatic N) is 1. The van der Waals surface area contributed by atoms with Crippen molar-refractivity contribution >= 4 is 21.8 Å². The third-order valence-corrected chi connectivity index (χ3v) is 4.95. The normalized spacial score (nSPS) is 20.4. The van der Waals surface area contributed by atoms with E-state index < -0.39 is 0 Å². The summed E-state index contributed by atoms with van der Waals surface area (Å²) in [4.78, 5) is 14.6. The average molecular weight is 324 g/mol. The van der Waals surface area contributed by atoms with E-state index in [4.69, 9.17) is 4.74 Å². The highest BCUT2D eigenvalue weighted by Crippen LogP contribution is 2.53. The van der Waals surface area contributed by atoms with Crippen LogP contribution in [0.5, 0.6) is 5.75 Å². The molecule has 1 saturated heterocycles. The molecule has 1 heterocycles. The minimum atomic E-state index is 0.0913. The second-order valence-corrected chi connectivity index (χ2v) is 6.55. The first-order valence-electron chi connectivity index (χ1n) is 6.76. The molecule has 0 atom stereocenters. The van der Waals surface area contributed by atoms with Crippen molar-refractivity contribution < 1.29 is 9.53 Å². The van der Waals surface area contributed by atoms with Crippen molar-refractivity contribution in [2.24, 2.45) is 5.41 Å². The molecule has 1 aromatic rings. The maximum Gasteiger partial charge on any atom is 0.257 e. The number of amides is 1. The Labute approximate surface area is 122 Å². The Kier molecular flexibility index (Phi) is 3.29. The maximum absolute atomic E-state index is 12.6. The van der Waals surface area contributed by atoms with E-state index in [9.17, 15) is 4.79 Å². The Morgan fingerprint density at radius 2 is 1.95 bits per heavy atom. The van der Waals surface area contributed by atoms with E-state index in [1.54, 1.807) is 7.11 Å². The number of rotatable bonds is 2. The van der Waals surface area contributed by atoms with Gasteiger partial charge in [-0.15, -0.1) is 0 Å². The lowest BCUT2D eigenvalue weighted by Gasteiger charge is -2.32. The zero-order valence-electron chi connectivity index (χ0n) is 11.1. The molecule has 19 heavy (non-hydrogen) atoms. The Hall–Kier alpha value is -1.03. The van der Waals surface area contributed by atoms with Gasteiger partial charge in [0.1, 0.15) is 5.75 Å². The third kappa shape index (κ3) is 2.50. The number of hydrogen-bond donors (Lipinski definition) is 0. The molecule has 3 nitrogen and oxygen atoms in total. The van der Waals surface area contributed by atoms with Crippen LogP contribution in [0, 0.1) is 5.41 Å². The number of halogens is 1.